The number of carbonyl (C=O) groups is 1. The predicted octanol–water partition coefficient (Wildman–Crippen LogP) is 4.88. The molecule has 4 aliphatic rings. The van der Waals surface area contributed by atoms with Crippen LogP contribution in [0.3, 0.4) is 0 Å². The average molecular weight is 361 g/mol. The number of ether oxygens (including phenoxy) is 1. The molecule has 1 N–H and O–H groups in total. The molecule has 3 saturated carbocycles. The monoisotopic (exact) mass is 360 g/mol. The van der Waals surface area contributed by atoms with E-state index < -0.39 is 0 Å². The van der Waals surface area contributed by atoms with Gasteiger partial charge in [0.15, 0.2) is 0 Å². The number of aliphatic hydroxyl groups is 1. The van der Waals surface area contributed by atoms with Crippen LogP contribution in [0.5, 0.6) is 0 Å². The Labute approximate surface area is 158 Å². The number of esters is 1. The van der Waals surface area contributed by atoms with E-state index in [9.17, 15) is 9.90 Å². The highest BCUT2D eigenvalue weighted by molar-refractivity contribution is 5.66. The summed E-state index contributed by atoms with van der Waals surface area (Å²) in [5.74, 6) is 2.65. The summed E-state index contributed by atoms with van der Waals surface area (Å²) < 4.78 is 5.54. The van der Waals surface area contributed by atoms with Crippen LogP contribution in [-0.2, 0) is 9.53 Å². The molecule has 146 valence electrons. The first-order chi connectivity index (χ1) is 12.3. The van der Waals surface area contributed by atoms with E-state index in [0.29, 0.717) is 16.7 Å². The third-order valence-electron chi connectivity index (χ3n) is 9.05. The molecule has 0 aromatic heterocycles. The number of hydrogen-bond acceptors (Lipinski definition) is 3. The van der Waals surface area contributed by atoms with E-state index in [-0.39, 0.29) is 18.2 Å². The largest absolute Gasteiger partial charge is 0.462 e. The highest BCUT2D eigenvalue weighted by Crippen LogP contribution is 2.66. The van der Waals surface area contributed by atoms with E-state index in [1.54, 1.807) is 5.57 Å². The zero-order valence-electron chi connectivity index (χ0n) is 17.0. The van der Waals surface area contributed by atoms with Gasteiger partial charge in [-0.1, -0.05) is 25.5 Å². The first-order valence-electron chi connectivity index (χ1n) is 10.8. The van der Waals surface area contributed by atoms with Crippen LogP contribution in [-0.4, -0.2) is 23.3 Å². The summed E-state index contributed by atoms with van der Waals surface area (Å²) in [6, 6.07) is 0. The lowest BCUT2D eigenvalue weighted by atomic mass is 9.47. The zero-order chi connectivity index (χ0) is 18.7. The molecule has 8 atom stereocenters. The summed E-state index contributed by atoms with van der Waals surface area (Å²) >= 11 is 0. The average Bonchev–Trinajstić information content (AvgIpc) is 2.92. The molecule has 0 saturated heterocycles. The predicted molar refractivity (Wildman–Crippen MR) is 102 cm³/mol. The second kappa shape index (κ2) is 6.36. The molecule has 0 spiro atoms. The molecule has 0 amide bonds. The Morgan fingerprint density at radius 1 is 1.19 bits per heavy atom. The van der Waals surface area contributed by atoms with Gasteiger partial charge in [-0.05, 0) is 86.4 Å². The van der Waals surface area contributed by atoms with E-state index in [2.05, 4.69) is 19.9 Å². The van der Waals surface area contributed by atoms with E-state index in [0.717, 1.165) is 37.0 Å². The van der Waals surface area contributed by atoms with Gasteiger partial charge < -0.3 is 9.84 Å². The maximum Gasteiger partial charge on any atom is 0.302 e. The van der Waals surface area contributed by atoms with Crippen molar-refractivity contribution in [3.05, 3.63) is 11.6 Å². The van der Waals surface area contributed by atoms with Gasteiger partial charge in [-0.3, -0.25) is 4.79 Å². The standard InChI is InChI=1S/C23H36O3/c1-14(24)19-7-8-20-18-6-5-16-13-17(26-15(2)25)9-11-22(16,3)21(18)10-12-23(19,20)4/h5,14,17-21,24H,6-13H2,1-4H3/t14-,17+,18-,19+,20-,21-,22-,23+/m0/s1. The number of fused-ring (bicyclic) bond motifs is 5. The van der Waals surface area contributed by atoms with Crippen molar-refractivity contribution in [1.29, 1.82) is 0 Å². The van der Waals surface area contributed by atoms with Gasteiger partial charge in [-0.2, -0.15) is 0 Å². The van der Waals surface area contributed by atoms with Gasteiger partial charge in [0, 0.05) is 13.3 Å². The third kappa shape index (κ3) is 2.68. The summed E-state index contributed by atoms with van der Waals surface area (Å²) in [7, 11) is 0. The molecule has 3 fully saturated rings. The highest BCUT2D eigenvalue weighted by atomic mass is 16.5. The number of rotatable bonds is 2. The molecule has 0 aliphatic heterocycles. The minimum Gasteiger partial charge on any atom is -0.462 e. The fraction of sp³-hybridized carbons (Fsp3) is 0.870. The van der Waals surface area contributed by atoms with Crippen molar-refractivity contribution in [3.63, 3.8) is 0 Å². The molecule has 0 heterocycles. The van der Waals surface area contributed by atoms with Crippen molar-refractivity contribution in [2.45, 2.75) is 91.3 Å². The van der Waals surface area contributed by atoms with Crippen LogP contribution < -0.4 is 0 Å². The Morgan fingerprint density at radius 2 is 1.96 bits per heavy atom. The normalized spacial score (nSPS) is 48.7. The van der Waals surface area contributed by atoms with Crippen LogP contribution in [0, 0.1) is 34.5 Å². The van der Waals surface area contributed by atoms with Gasteiger partial charge in [0.1, 0.15) is 6.10 Å². The molecular formula is C23H36O3. The Balaban J connectivity index is 1.58. The van der Waals surface area contributed by atoms with E-state index >= 15 is 0 Å². The van der Waals surface area contributed by atoms with Crippen LogP contribution in [0.15, 0.2) is 11.6 Å². The van der Waals surface area contributed by atoms with E-state index in [4.69, 9.17) is 4.74 Å². The van der Waals surface area contributed by atoms with Crippen molar-refractivity contribution >= 4 is 5.97 Å². The molecule has 0 aromatic carbocycles. The maximum atomic E-state index is 11.4. The molecule has 0 unspecified atom stereocenters. The zero-order valence-corrected chi connectivity index (χ0v) is 17.0. The summed E-state index contributed by atoms with van der Waals surface area (Å²) in [5.41, 5.74) is 2.18. The number of carbonyl (C=O) groups excluding carboxylic acids is 1. The number of hydrogen-bond donors (Lipinski definition) is 1. The van der Waals surface area contributed by atoms with Crippen LogP contribution in [0.25, 0.3) is 0 Å². The second-order valence-electron chi connectivity index (χ2n) is 10.2. The van der Waals surface area contributed by atoms with Gasteiger partial charge >= 0.3 is 5.97 Å². The van der Waals surface area contributed by atoms with Crippen LogP contribution in [0.2, 0.25) is 0 Å². The summed E-state index contributed by atoms with van der Waals surface area (Å²) in [4.78, 5) is 11.4. The second-order valence-corrected chi connectivity index (χ2v) is 10.2. The van der Waals surface area contributed by atoms with Gasteiger partial charge in [0.2, 0.25) is 0 Å². The van der Waals surface area contributed by atoms with Gasteiger partial charge in [0.05, 0.1) is 6.10 Å². The number of aliphatic hydroxyl groups excluding tert-OH is 1. The molecule has 0 aromatic rings. The fourth-order valence-electron chi connectivity index (χ4n) is 7.80. The van der Waals surface area contributed by atoms with E-state index in [1.807, 2.05) is 6.92 Å². The minimum atomic E-state index is -0.175. The highest BCUT2D eigenvalue weighted by Gasteiger charge is 2.59. The summed E-state index contributed by atoms with van der Waals surface area (Å²) in [6.45, 7) is 8.49. The minimum absolute atomic E-state index is 0.0864. The molecular weight excluding hydrogens is 324 g/mol. The molecule has 3 heteroatoms. The van der Waals surface area contributed by atoms with Crippen molar-refractivity contribution < 1.29 is 14.6 Å². The van der Waals surface area contributed by atoms with Crippen molar-refractivity contribution in [3.8, 4) is 0 Å². The Kier molecular flexibility index (Phi) is 4.53. The maximum absolute atomic E-state index is 11.4. The van der Waals surface area contributed by atoms with Gasteiger partial charge in [-0.15, -0.1) is 0 Å². The first-order valence-corrected chi connectivity index (χ1v) is 10.8. The van der Waals surface area contributed by atoms with Crippen LogP contribution >= 0.6 is 0 Å². The summed E-state index contributed by atoms with van der Waals surface area (Å²) in [6.07, 6.45) is 11.8. The van der Waals surface area contributed by atoms with Gasteiger partial charge in [0.25, 0.3) is 0 Å². The SMILES string of the molecule is CC(=O)O[C@@H]1CC[C@@]2(C)C(=CC[C@H]3[C@@H]4CC[C@H]([C@H](C)O)[C@@]4(C)CC[C@@H]32)C1. The Bertz CT molecular complexity index is 609. The summed E-state index contributed by atoms with van der Waals surface area (Å²) in [5, 5.41) is 10.3. The Hall–Kier alpha value is -0.830. The quantitative estimate of drug-likeness (QED) is 0.564. The molecule has 0 bridgehead atoms. The fourth-order valence-corrected chi connectivity index (χ4v) is 7.80. The van der Waals surface area contributed by atoms with Crippen LogP contribution in [0.1, 0.15) is 79.1 Å². The number of allylic oxidation sites excluding steroid dienone is 1. The molecule has 26 heavy (non-hydrogen) atoms. The topological polar surface area (TPSA) is 46.5 Å². The Morgan fingerprint density at radius 3 is 2.65 bits per heavy atom. The van der Waals surface area contributed by atoms with Crippen LogP contribution in [0.4, 0.5) is 0 Å². The lowest BCUT2D eigenvalue weighted by Gasteiger charge is -2.58. The molecule has 4 rings (SSSR count). The molecule has 3 nitrogen and oxygen atoms in total. The first kappa shape index (κ1) is 18.5. The molecule has 4 aliphatic carbocycles. The lowest BCUT2D eigenvalue weighted by Crippen LogP contribution is -2.51. The third-order valence-corrected chi connectivity index (χ3v) is 9.05. The van der Waals surface area contributed by atoms with Gasteiger partial charge in [-0.25, -0.2) is 0 Å². The molecule has 0 radical (unpaired) electrons. The van der Waals surface area contributed by atoms with E-state index in [1.165, 1.54) is 39.0 Å². The lowest BCUT2D eigenvalue weighted by molar-refractivity contribution is -0.148. The van der Waals surface area contributed by atoms with Crippen molar-refractivity contribution in [1.82, 2.24) is 0 Å². The van der Waals surface area contributed by atoms with Crippen molar-refractivity contribution in [2.75, 3.05) is 0 Å². The smallest absolute Gasteiger partial charge is 0.302 e. The van der Waals surface area contributed by atoms with Crippen molar-refractivity contribution in [2.24, 2.45) is 34.5 Å².